The first-order valence-electron chi connectivity index (χ1n) is 12.3. The minimum Gasteiger partial charge on any atom is -0.482 e. The van der Waals surface area contributed by atoms with Crippen LogP contribution in [0.15, 0.2) is 42.5 Å². The summed E-state index contributed by atoms with van der Waals surface area (Å²) < 4.78 is 23.8. The van der Waals surface area contributed by atoms with Crippen LogP contribution in [0.25, 0.3) is 0 Å². The van der Waals surface area contributed by atoms with Gasteiger partial charge in [0, 0.05) is 43.2 Å². The summed E-state index contributed by atoms with van der Waals surface area (Å²) in [4.78, 5) is 40.9. The van der Waals surface area contributed by atoms with Crippen LogP contribution < -0.4 is 10.1 Å². The largest absolute Gasteiger partial charge is 0.482 e. The van der Waals surface area contributed by atoms with Gasteiger partial charge in [0.05, 0.1) is 18.7 Å². The van der Waals surface area contributed by atoms with Crippen LogP contribution in [-0.2, 0) is 25.7 Å². The Morgan fingerprint density at radius 1 is 1.05 bits per heavy atom. The SMILES string of the molecule is CCOC(=O)CCC(=O)Nc1cc(Cl)ccc1OCC(=O)N1C[C@@H](C)N(Cc2ccc(F)cc2)C[C@@H]1C. The van der Waals surface area contributed by atoms with Gasteiger partial charge in [0.2, 0.25) is 5.91 Å². The van der Waals surface area contributed by atoms with Gasteiger partial charge in [-0.1, -0.05) is 23.7 Å². The van der Waals surface area contributed by atoms with Crippen molar-refractivity contribution in [2.75, 3.05) is 31.6 Å². The van der Waals surface area contributed by atoms with Crippen LogP contribution in [0.2, 0.25) is 5.02 Å². The van der Waals surface area contributed by atoms with E-state index in [0.29, 0.717) is 36.1 Å². The highest BCUT2D eigenvalue weighted by Crippen LogP contribution is 2.29. The molecular formula is C27H33ClFN3O5. The van der Waals surface area contributed by atoms with Gasteiger partial charge in [0.1, 0.15) is 11.6 Å². The minimum absolute atomic E-state index is 0.0417. The molecular weight excluding hydrogens is 501 g/mol. The number of rotatable bonds is 10. The first kappa shape index (κ1) is 28.4. The fourth-order valence-electron chi connectivity index (χ4n) is 4.20. The standard InChI is InChI=1S/C27H33ClFN3O5/c1-4-36-27(35)12-11-25(33)30-23-13-21(28)7-10-24(23)37-17-26(34)32-15-18(2)31(14-19(32)3)16-20-5-8-22(29)9-6-20/h5-10,13,18-19H,4,11-12,14-17H2,1-3H3,(H,30,33)/t18-,19+/m1/s1. The van der Waals surface area contributed by atoms with Crippen LogP contribution in [0.3, 0.4) is 0 Å². The lowest BCUT2D eigenvalue weighted by Crippen LogP contribution is -2.58. The van der Waals surface area contributed by atoms with Gasteiger partial charge in [-0.25, -0.2) is 4.39 Å². The predicted octanol–water partition coefficient (Wildman–Crippen LogP) is 4.26. The molecule has 3 rings (SSSR count). The van der Waals surface area contributed by atoms with E-state index in [-0.39, 0.29) is 49.9 Å². The summed E-state index contributed by atoms with van der Waals surface area (Å²) in [5.41, 5.74) is 1.34. The third kappa shape index (κ3) is 8.43. The molecule has 2 atom stereocenters. The molecule has 1 N–H and O–H groups in total. The number of carbonyl (C=O) groups excluding carboxylic acids is 3. The lowest BCUT2D eigenvalue weighted by atomic mass is 10.1. The van der Waals surface area contributed by atoms with Gasteiger partial charge in [-0.15, -0.1) is 0 Å². The van der Waals surface area contributed by atoms with Gasteiger partial charge in [-0.3, -0.25) is 19.3 Å². The summed E-state index contributed by atoms with van der Waals surface area (Å²) in [5.74, 6) is -0.980. The number of nitrogens with one attached hydrogen (secondary N) is 1. The van der Waals surface area contributed by atoms with Crippen LogP contribution in [0, 0.1) is 5.82 Å². The Morgan fingerprint density at radius 2 is 1.78 bits per heavy atom. The third-order valence-corrected chi connectivity index (χ3v) is 6.40. The zero-order valence-electron chi connectivity index (χ0n) is 21.3. The summed E-state index contributed by atoms with van der Waals surface area (Å²) >= 11 is 6.09. The van der Waals surface area contributed by atoms with Crippen LogP contribution >= 0.6 is 11.6 Å². The number of ether oxygens (including phenoxy) is 2. The molecule has 37 heavy (non-hydrogen) atoms. The molecule has 0 saturated carbocycles. The molecule has 1 heterocycles. The maximum atomic E-state index is 13.2. The molecule has 10 heteroatoms. The van der Waals surface area contributed by atoms with Crippen molar-refractivity contribution >= 4 is 35.1 Å². The molecule has 200 valence electrons. The fraction of sp³-hybridized carbons (Fsp3) is 0.444. The van der Waals surface area contributed by atoms with Crippen LogP contribution in [-0.4, -0.2) is 66.0 Å². The van der Waals surface area contributed by atoms with Crippen molar-refractivity contribution in [3.8, 4) is 5.75 Å². The van der Waals surface area contributed by atoms with E-state index in [0.717, 1.165) is 5.56 Å². The van der Waals surface area contributed by atoms with Crippen molar-refractivity contribution < 1.29 is 28.2 Å². The van der Waals surface area contributed by atoms with E-state index in [1.807, 2.05) is 6.92 Å². The van der Waals surface area contributed by atoms with E-state index in [1.54, 1.807) is 36.1 Å². The summed E-state index contributed by atoms with van der Waals surface area (Å²) in [7, 11) is 0. The molecule has 0 aliphatic carbocycles. The van der Waals surface area contributed by atoms with E-state index in [2.05, 4.69) is 17.1 Å². The van der Waals surface area contributed by atoms with E-state index in [9.17, 15) is 18.8 Å². The average Bonchev–Trinajstić information content (AvgIpc) is 2.85. The second-order valence-corrected chi connectivity index (χ2v) is 9.52. The van der Waals surface area contributed by atoms with Crippen LogP contribution in [0.4, 0.5) is 10.1 Å². The van der Waals surface area contributed by atoms with Gasteiger partial charge >= 0.3 is 5.97 Å². The molecule has 0 bridgehead atoms. The first-order valence-corrected chi connectivity index (χ1v) is 12.7. The number of hydrogen-bond donors (Lipinski definition) is 1. The summed E-state index contributed by atoms with van der Waals surface area (Å²) in [5, 5.41) is 3.08. The quantitative estimate of drug-likeness (QED) is 0.459. The van der Waals surface area contributed by atoms with E-state index in [1.165, 1.54) is 18.2 Å². The lowest BCUT2D eigenvalue weighted by Gasteiger charge is -2.44. The Bertz CT molecular complexity index is 1100. The van der Waals surface area contributed by atoms with E-state index >= 15 is 0 Å². The normalized spacial score (nSPS) is 17.8. The highest BCUT2D eigenvalue weighted by Gasteiger charge is 2.32. The average molecular weight is 534 g/mol. The van der Waals surface area contributed by atoms with Crippen molar-refractivity contribution in [2.45, 2.75) is 52.2 Å². The van der Waals surface area contributed by atoms with Crippen LogP contribution in [0.5, 0.6) is 5.75 Å². The minimum atomic E-state index is -0.452. The third-order valence-electron chi connectivity index (χ3n) is 6.16. The number of piperazine rings is 1. The molecule has 0 unspecified atom stereocenters. The Labute approximate surface area is 221 Å². The topological polar surface area (TPSA) is 88.2 Å². The van der Waals surface area contributed by atoms with Crippen molar-refractivity contribution in [3.63, 3.8) is 0 Å². The molecule has 2 aromatic carbocycles. The molecule has 1 aliphatic heterocycles. The number of esters is 1. The molecule has 0 radical (unpaired) electrons. The lowest BCUT2D eigenvalue weighted by molar-refractivity contribution is -0.144. The number of anilines is 1. The van der Waals surface area contributed by atoms with Gasteiger partial charge in [-0.2, -0.15) is 0 Å². The van der Waals surface area contributed by atoms with E-state index < -0.39 is 11.9 Å². The number of benzene rings is 2. The predicted molar refractivity (Wildman–Crippen MR) is 139 cm³/mol. The number of nitrogens with zero attached hydrogens (tertiary/aromatic N) is 2. The molecule has 1 fully saturated rings. The molecule has 1 aliphatic rings. The highest BCUT2D eigenvalue weighted by atomic mass is 35.5. The number of halogens is 2. The van der Waals surface area contributed by atoms with Crippen molar-refractivity contribution in [3.05, 3.63) is 58.9 Å². The fourth-order valence-corrected chi connectivity index (χ4v) is 4.37. The monoisotopic (exact) mass is 533 g/mol. The van der Waals surface area contributed by atoms with Gasteiger partial charge in [0.15, 0.2) is 6.61 Å². The molecule has 0 spiro atoms. The summed E-state index contributed by atoms with van der Waals surface area (Å²) in [6, 6.07) is 11.2. The zero-order chi connectivity index (χ0) is 26.9. The number of carbonyl (C=O) groups is 3. The second-order valence-electron chi connectivity index (χ2n) is 9.08. The van der Waals surface area contributed by atoms with Crippen molar-refractivity contribution in [2.24, 2.45) is 0 Å². The molecule has 2 aromatic rings. The number of amides is 2. The maximum absolute atomic E-state index is 13.2. The zero-order valence-corrected chi connectivity index (χ0v) is 22.1. The Morgan fingerprint density at radius 3 is 2.49 bits per heavy atom. The smallest absolute Gasteiger partial charge is 0.306 e. The van der Waals surface area contributed by atoms with Crippen molar-refractivity contribution in [1.29, 1.82) is 0 Å². The van der Waals surface area contributed by atoms with Gasteiger partial charge in [-0.05, 0) is 56.7 Å². The highest BCUT2D eigenvalue weighted by molar-refractivity contribution is 6.31. The Balaban J connectivity index is 1.56. The Kier molecular flexibility index (Phi) is 10.3. The second kappa shape index (κ2) is 13.4. The van der Waals surface area contributed by atoms with E-state index in [4.69, 9.17) is 21.1 Å². The van der Waals surface area contributed by atoms with Crippen molar-refractivity contribution in [1.82, 2.24) is 9.80 Å². The van der Waals surface area contributed by atoms with Crippen LogP contribution in [0.1, 0.15) is 39.2 Å². The maximum Gasteiger partial charge on any atom is 0.306 e. The molecule has 8 nitrogen and oxygen atoms in total. The molecule has 2 amide bonds. The summed E-state index contributed by atoms with van der Waals surface area (Å²) in [6.07, 6.45) is -0.0978. The molecule has 1 saturated heterocycles. The van der Waals surface area contributed by atoms with Gasteiger partial charge < -0.3 is 19.7 Å². The molecule has 0 aromatic heterocycles. The summed E-state index contributed by atoms with van der Waals surface area (Å²) in [6.45, 7) is 7.66. The first-order chi connectivity index (χ1) is 17.7. The Hall–Kier alpha value is -3.17. The van der Waals surface area contributed by atoms with Gasteiger partial charge in [0.25, 0.3) is 5.91 Å². The number of hydrogen-bond acceptors (Lipinski definition) is 6.